The highest BCUT2D eigenvalue weighted by Crippen LogP contribution is 2.30. The molecule has 0 aliphatic carbocycles. The largest absolute Gasteiger partial charge is 0.479 e. The fourth-order valence-electron chi connectivity index (χ4n) is 1.02. The van der Waals surface area contributed by atoms with Crippen molar-refractivity contribution in [3.8, 4) is 0 Å². The van der Waals surface area contributed by atoms with E-state index in [4.69, 9.17) is 14.6 Å². The maximum absolute atomic E-state index is 10.6. The van der Waals surface area contributed by atoms with E-state index in [2.05, 4.69) is 0 Å². The Kier molecular flexibility index (Phi) is 1.69. The molecule has 1 atom stereocenters. The zero-order valence-corrected chi connectivity index (χ0v) is 6.88. The first kappa shape index (κ1) is 8.49. The quantitative estimate of drug-likeness (QED) is 0.610. The Labute approximate surface area is 65.1 Å². The van der Waals surface area contributed by atoms with Crippen LogP contribution in [0.3, 0.4) is 0 Å². The van der Waals surface area contributed by atoms with Gasteiger partial charge in [0.05, 0.1) is 6.61 Å². The molecule has 64 valence electrons. The highest BCUT2D eigenvalue weighted by Gasteiger charge is 2.47. The molecule has 1 N–H and O–H groups in total. The predicted octanol–water partition coefficient (Wildman–Crippen LogP) is 0.613. The highest BCUT2D eigenvalue weighted by molar-refractivity contribution is 5.77. The second kappa shape index (κ2) is 2.19. The number of carboxylic acid groups (broad SMARTS) is 1. The predicted molar refractivity (Wildman–Crippen MR) is 37.2 cm³/mol. The smallest absolute Gasteiger partial charge is 0.338 e. The van der Waals surface area contributed by atoms with Crippen molar-refractivity contribution in [3.05, 3.63) is 0 Å². The standard InChI is InChI=1S/C7H12O4/c1-6(2)10-4-7(3,11-6)5(8)9/h4H2,1-3H3,(H,8,9)/t7-/m0/s1. The Morgan fingerprint density at radius 2 is 2.00 bits per heavy atom. The van der Waals surface area contributed by atoms with Crippen molar-refractivity contribution in [2.24, 2.45) is 0 Å². The molecule has 0 bridgehead atoms. The minimum absolute atomic E-state index is 0.106. The lowest BCUT2D eigenvalue weighted by Crippen LogP contribution is -2.39. The minimum atomic E-state index is -1.18. The molecule has 4 heteroatoms. The molecule has 0 amide bonds. The van der Waals surface area contributed by atoms with E-state index < -0.39 is 17.4 Å². The minimum Gasteiger partial charge on any atom is -0.479 e. The Bertz CT molecular complexity index is 187. The molecule has 1 aliphatic rings. The van der Waals surface area contributed by atoms with Gasteiger partial charge in [0.15, 0.2) is 11.4 Å². The lowest BCUT2D eigenvalue weighted by molar-refractivity contribution is -0.182. The molecule has 0 radical (unpaired) electrons. The van der Waals surface area contributed by atoms with Gasteiger partial charge in [-0.15, -0.1) is 0 Å². The molecule has 0 saturated carbocycles. The molecule has 11 heavy (non-hydrogen) atoms. The number of rotatable bonds is 1. The van der Waals surface area contributed by atoms with E-state index in [1.807, 2.05) is 0 Å². The number of hydrogen-bond acceptors (Lipinski definition) is 3. The van der Waals surface area contributed by atoms with Crippen LogP contribution in [0.1, 0.15) is 20.8 Å². The van der Waals surface area contributed by atoms with Gasteiger partial charge in [0.2, 0.25) is 0 Å². The summed E-state index contributed by atoms with van der Waals surface area (Å²) in [5.41, 5.74) is -1.18. The molecular formula is C7H12O4. The second-order valence-corrected chi connectivity index (χ2v) is 3.33. The summed E-state index contributed by atoms with van der Waals surface area (Å²) in [6.45, 7) is 5.00. The zero-order chi connectivity index (χ0) is 8.70. The van der Waals surface area contributed by atoms with Crippen LogP contribution in [0.5, 0.6) is 0 Å². The third-order valence-corrected chi connectivity index (χ3v) is 1.62. The summed E-state index contributed by atoms with van der Waals surface area (Å²) in [6, 6.07) is 0. The third-order valence-electron chi connectivity index (χ3n) is 1.62. The van der Waals surface area contributed by atoms with E-state index >= 15 is 0 Å². The van der Waals surface area contributed by atoms with E-state index in [0.29, 0.717) is 0 Å². The van der Waals surface area contributed by atoms with E-state index in [0.717, 1.165) is 0 Å². The zero-order valence-electron chi connectivity index (χ0n) is 6.88. The van der Waals surface area contributed by atoms with Crippen molar-refractivity contribution in [3.63, 3.8) is 0 Å². The first-order valence-corrected chi connectivity index (χ1v) is 3.43. The van der Waals surface area contributed by atoms with Crippen LogP contribution < -0.4 is 0 Å². The van der Waals surface area contributed by atoms with Gasteiger partial charge in [-0.25, -0.2) is 4.79 Å². The Morgan fingerprint density at radius 3 is 2.18 bits per heavy atom. The second-order valence-electron chi connectivity index (χ2n) is 3.33. The van der Waals surface area contributed by atoms with Crippen LogP contribution in [0.2, 0.25) is 0 Å². The van der Waals surface area contributed by atoms with Crippen molar-refractivity contribution in [2.75, 3.05) is 6.61 Å². The molecule has 1 fully saturated rings. The fourth-order valence-corrected chi connectivity index (χ4v) is 1.02. The summed E-state index contributed by atoms with van der Waals surface area (Å²) in [7, 11) is 0. The van der Waals surface area contributed by atoms with Gasteiger partial charge in [0.25, 0.3) is 0 Å². The SMILES string of the molecule is CC1(C)OC[C@@](C)(C(=O)O)O1. The average molecular weight is 160 g/mol. The topological polar surface area (TPSA) is 55.8 Å². The van der Waals surface area contributed by atoms with Gasteiger partial charge in [0.1, 0.15) is 0 Å². The van der Waals surface area contributed by atoms with E-state index in [-0.39, 0.29) is 6.61 Å². The van der Waals surface area contributed by atoms with Crippen LogP contribution in [0, 0.1) is 0 Å². The molecule has 0 aromatic carbocycles. The van der Waals surface area contributed by atoms with Gasteiger partial charge in [-0.3, -0.25) is 0 Å². The molecule has 0 unspecified atom stereocenters. The Balaban J connectivity index is 2.73. The summed E-state index contributed by atoms with van der Waals surface area (Å²) >= 11 is 0. The Morgan fingerprint density at radius 1 is 1.45 bits per heavy atom. The van der Waals surface area contributed by atoms with Crippen molar-refractivity contribution in [2.45, 2.75) is 32.2 Å². The van der Waals surface area contributed by atoms with Gasteiger partial charge >= 0.3 is 5.97 Å². The van der Waals surface area contributed by atoms with E-state index in [1.165, 1.54) is 6.92 Å². The summed E-state index contributed by atoms with van der Waals surface area (Å²) in [5.74, 6) is -1.75. The first-order valence-electron chi connectivity index (χ1n) is 3.43. The molecule has 1 saturated heterocycles. The monoisotopic (exact) mass is 160 g/mol. The molecule has 1 heterocycles. The lowest BCUT2D eigenvalue weighted by Gasteiger charge is -2.20. The average Bonchev–Trinajstić information content (AvgIpc) is 2.08. The van der Waals surface area contributed by atoms with Crippen LogP contribution in [0.15, 0.2) is 0 Å². The molecular weight excluding hydrogens is 148 g/mol. The van der Waals surface area contributed by atoms with Crippen molar-refractivity contribution in [1.29, 1.82) is 0 Å². The van der Waals surface area contributed by atoms with Crippen molar-refractivity contribution >= 4 is 5.97 Å². The summed E-state index contributed by atoms with van der Waals surface area (Å²) in [4.78, 5) is 10.6. The van der Waals surface area contributed by atoms with E-state index in [9.17, 15) is 4.79 Å². The summed E-state index contributed by atoms with van der Waals surface area (Å²) in [5, 5.41) is 8.70. The molecule has 4 nitrogen and oxygen atoms in total. The van der Waals surface area contributed by atoms with Crippen LogP contribution in [0.4, 0.5) is 0 Å². The summed E-state index contributed by atoms with van der Waals surface area (Å²) in [6.07, 6.45) is 0. The van der Waals surface area contributed by atoms with Gasteiger partial charge < -0.3 is 14.6 Å². The molecule has 0 spiro atoms. The number of hydrogen-bond donors (Lipinski definition) is 1. The summed E-state index contributed by atoms with van der Waals surface area (Å²) < 4.78 is 10.3. The number of aliphatic carboxylic acids is 1. The number of carbonyl (C=O) groups is 1. The normalized spacial score (nSPS) is 35.5. The third kappa shape index (κ3) is 1.52. The number of carboxylic acids is 1. The van der Waals surface area contributed by atoms with Crippen LogP contribution in [0.25, 0.3) is 0 Å². The van der Waals surface area contributed by atoms with Crippen LogP contribution in [-0.4, -0.2) is 29.1 Å². The maximum atomic E-state index is 10.6. The highest BCUT2D eigenvalue weighted by atomic mass is 16.8. The van der Waals surface area contributed by atoms with Gasteiger partial charge in [0, 0.05) is 0 Å². The molecule has 1 aliphatic heterocycles. The molecule has 0 aromatic rings. The molecule has 0 aromatic heterocycles. The Hall–Kier alpha value is -0.610. The van der Waals surface area contributed by atoms with Gasteiger partial charge in [-0.2, -0.15) is 0 Å². The fraction of sp³-hybridized carbons (Fsp3) is 0.857. The number of ether oxygens (including phenoxy) is 2. The van der Waals surface area contributed by atoms with Crippen molar-refractivity contribution in [1.82, 2.24) is 0 Å². The maximum Gasteiger partial charge on any atom is 0.338 e. The van der Waals surface area contributed by atoms with Crippen LogP contribution >= 0.6 is 0 Å². The van der Waals surface area contributed by atoms with E-state index in [1.54, 1.807) is 13.8 Å². The van der Waals surface area contributed by atoms with Crippen LogP contribution in [-0.2, 0) is 14.3 Å². The van der Waals surface area contributed by atoms with Gasteiger partial charge in [-0.1, -0.05) is 0 Å². The van der Waals surface area contributed by atoms with Gasteiger partial charge in [-0.05, 0) is 20.8 Å². The molecule has 1 rings (SSSR count). The lowest BCUT2D eigenvalue weighted by atomic mass is 10.1. The van der Waals surface area contributed by atoms with Crippen molar-refractivity contribution < 1.29 is 19.4 Å². The first-order chi connectivity index (χ1) is 4.86.